The van der Waals surface area contributed by atoms with Crippen LogP contribution in [0.25, 0.3) is 0 Å². The molecule has 0 saturated heterocycles. The quantitative estimate of drug-likeness (QED) is 0.571. The normalized spacial score (nSPS) is 14.2. The van der Waals surface area contributed by atoms with E-state index >= 15 is 0 Å². The Labute approximate surface area is 90.2 Å². The number of benzene rings is 1. The largest absolute Gasteiger partial charge is 0.493 e. The molecule has 0 amide bonds. The monoisotopic (exact) mass is 294 g/mol. The van der Waals surface area contributed by atoms with Crippen LogP contribution in [0.2, 0.25) is 0 Å². The van der Waals surface area contributed by atoms with Crippen molar-refractivity contribution in [2.75, 3.05) is 6.61 Å². The fourth-order valence-corrected chi connectivity index (χ4v) is 2.40. The lowest BCUT2D eigenvalue weighted by molar-refractivity contribution is 0.354. The smallest absolute Gasteiger partial charge is 0.127 e. The van der Waals surface area contributed by atoms with Crippen LogP contribution in [-0.2, 0) is 12.3 Å². The molecule has 1 aliphatic rings. The molecule has 1 aliphatic heterocycles. The number of alkyl halides is 1. The van der Waals surface area contributed by atoms with E-state index in [0.717, 1.165) is 24.3 Å². The summed E-state index contributed by atoms with van der Waals surface area (Å²) in [5.41, 5.74) is 2.42. The summed E-state index contributed by atoms with van der Waals surface area (Å²) in [6, 6.07) is 4.25. The Kier molecular flexibility index (Phi) is 2.46. The second kappa shape index (κ2) is 3.42. The van der Waals surface area contributed by atoms with E-state index in [2.05, 4.69) is 34.7 Å². The van der Waals surface area contributed by atoms with Crippen molar-refractivity contribution in [2.45, 2.75) is 12.3 Å². The maximum atomic E-state index is 5.80. The molecule has 0 N–H and O–H groups in total. The van der Waals surface area contributed by atoms with Crippen molar-refractivity contribution in [3.63, 3.8) is 0 Å². The van der Waals surface area contributed by atoms with E-state index in [1.807, 2.05) is 0 Å². The average Bonchev–Trinajstić information content (AvgIpc) is 2.50. The van der Waals surface area contributed by atoms with Crippen LogP contribution in [0.4, 0.5) is 0 Å². The Morgan fingerprint density at radius 1 is 1.50 bits per heavy atom. The topological polar surface area (TPSA) is 9.23 Å². The fraction of sp³-hybridized carbons (Fsp3) is 0.333. The predicted molar refractivity (Wildman–Crippen MR) is 57.9 cm³/mol. The molecule has 0 aliphatic carbocycles. The van der Waals surface area contributed by atoms with Crippen molar-refractivity contribution < 1.29 is 4.74 Å². The molecule has 1 heterocycles. The van der Waals surface area contributed by atoms with E-state index in [4.69, 9.17) is 16.3 Å². The molecule has 2 rings (SSSR count). The van der Waals surface area contributed by atoms with Crippen LogP contribution < -0.4 is 4.74 Å². The first-order valence-corrected chi connectivity index (χ1v) is 5.42. The highest BCUT2D eigenvalue weighted by atomic mass is 127. The van der Waals surface area contributed by atoms with Gasteiger partial charge in [0, 0.05) is 15.6 Å². The molecule has 3 heteroatoms. The molecule has 0 atom stereocenters. The summed E-state index contributed by atoms with van der Waals surface area (Å²) < 4.78 is 6.73. The molecular weight excluding hydrogens is 286 g/mol. The minimum atomic E-state index is 0.541. The lowest BCUT2D eigenvalue weighted by Gasteiger charge is -2.05. The molecule has 0 spiro atoms. The van der Waals surface area contributed by atoms with Crippen LogP contribution in [0, 0.1) is 3.57 Å². The summed E-state index contributed by atoms with van der Waals surface area (Å²) in [6.45, 7) is 0.805. The first-order valence-electron chi connectivity index (χ1n) is 3.81. The summed E-state index contributed by atoms with van der Waals surface area (Å²) in [7, 11) is 0. The molecule has 0 unspecified atom stereocenters. The Balaban J connectivity index is 2.55. The highest BCUT2D eigenvalue weighted by molar-refractivity contribution is 14.1. The second-order valence-electron chi connectivity index (χ2n) is 2.79. The lowest BCUT2D eigenvalue weighted by Crippen LogP contribution is -1.89. The third-order valence-corrected chi connectivity index (χ3v) is 2.88. The number of fused-ring (bicyclic) bond motifs is 1. The maximum absolute atomic E-state index is 5.80. The van der Waals surface area contributed by atoms with Gasteiger partial charge in [-0.3, -0.25) is 0 Å². The zero-order valence-electron chi connectivity index (χ0n) is 6.44. The molecule has 0 fully saturated rings. The van der Waals surface area contributed by atoms with Gasteiger partial charge in [-0.25, -0.2) is 0 Å². The highest BCUT2D eigenvalue weighted by Gasteiger charge is 2.16. The van der Waals surface area contributed by atoms with Gasteiger partial charge in [-0.2, -0.15) is 0 Å². The summed E-state index contributed by atoms with van der Waals surface area (Å²) >= 11 is 8.11. The van der Waals surface area contributed by atoms with Crippen molar-refractivity contribution in [2.24, 2.45) is 0 Å². The third-order valence-electron chi connectivity index (χ3n) is 1.97. The van der Waals surface area contributed by atoms with Gasteiger partial charge >= 0.3 is 0 Å². The molecule has 0 saturated carbocycles. The SMILES string of the molecule is ClCc1cc(I)cc2c1OCC2. The van der Waals surface area contributed by atoms with Gasteiger partial charge < -0.3 is 4.74 Å². The first kappa shape index (κ1) is 8.63. The molecule has 1 nitrogen and oxygen atoms in total. The summed E-state index contributed by atoms with van der Waals surface area (Å²) in [4.78, 5) is 0. The number of hydrogen-bond donors (Lipinski definition) is 0. The van der Waals surface area contributed by atoms with Gasteiger partial charge in [0.2, 0.25) is 0 Å². The van der Waals surface area contributed by atoms with Crippen LogP contribution in [0.5, 0.6) is 5.75 Å². The van der Waals surface area contributed by atoms with Crippen LogP contribution in [0.15, 0.2) is 12.1 Å². The third kappa shape index (κ3) is 1.42. The van der Waals surface area contributed by atoms with E-state index < -0.39 is 0 Å². The van der Waals surface area contributed by atoms with Gasteiger partial charge in [0.05, 0.1) is 12.5 Å². The number of halogens is 2. The number of ether oxygens (including phenoxy) is 1. The molecule has 1 aromatic carbocycles. The molecule has 1 aromatic rings. The van der Waals surface area contributed by atoms with Crippen molar-refractivity contribution in [3.8, 4) is 5.75 Å². The molecule has 12 heavy (non-hydrogen) atoms. The van der Waals surface area contributed by atoms with E-state index in [9.17, 15) is 0 Å². The zero-order chi connectivity index (χ0) is 8.55. The van der Waals surface area contributed by atoms with Gasteiger partial charge in [-0.05, 0) is 40.3 Å². The Bertz CT molecular complexity index is 312. The van der Waals surface area contributed by atoms with Crippen molar-refractivity contribution in [1.82, 2.24) is 0 Å². The van der Waals surface area contributed by atoms with E-state index in [1.54, 1.807) is 0 Å². The van der Waals surface area contributed by atoms with Gasteiger partial charge in [0.15, 0.2) is 0 Å². The maximum Gasteiger partial charge on any atom is 0.127 e. The van der Waals surface area contributed by atoms with Crippen LogP contribution in [0.1, 0.15) is 11.1 Å². The van der Waals surface area contributed by atoms with Gasteiger partial charge in [-0.1, -0.05) is 0 Å². The minimum absolute atomic E-state index is 0.541. The van der Waals surface area contributed by atoms with Crippen molar-refractivity contribution in [1.29, 1.82) is 0 Å². The molecule has 0 radical (unpaired) electrons. The second-order valence-corrected chi connectivity index (χ2v) is 4.30. The van der Waals surface area contributed by atoms with Crippen LogP contribution in [-0.4, -0.2) is 6.61 Å². The number of hydrogen-bond acceptors (Lipinski definition) is 1. The molecule has 0 aromatic heterocycles. The van der Waals surface area contributed by atoms with E-state index in [0.29, 0.717) is 5.88 Å². The Morgan fingerprint density at radius 2 is 2.33 bits per heavy atom. The molecular formula is C9H8ClIO. The Hall–Kier alpha value is 0.0400. The van der Waals surface area contributed by atoms with Crippen molar-refractivity contribution >= 4 is 34.2 Å². The Morgan fingerprint density at radius 3 is 3.08 bits per heavy atom. The highest BCUT2D eigenvalue weighted by Crippen LogP contribution is 2.32. The summed E-state index contributed by atoms with van der Waals surface area (Å²) in [5, 5.41) is 0. The first-order chi connectivity index (χ1) is 5.81. The predicted octanol–water partition coefficient (Wildman–Crippen LogP) is 2.96. The van der Waals surface area contributed by atoms with Crippen LogP contribution in [0.3, 0.4) is 0 Å². The van der Waals surface area contributed by atoms with Gasteiger partial charge in [0.25, 0.3) is 0 Å². The fourth-order valence-electron chi connectivity index (χ4n) is 1.45. The van der Waals surface area contributed by atoms with Crippen molar-refractivity contribution in [3.05, 3.63) is 26.8 Å². The molecule has 64 valence electrons. The van der Waals surface area contributed by atoms with E-state index in [1.165, 1.54) is 9.13 Å². The van der Waals surface area contributed by atoms with Gasteiger partial charge in [-0.15, -0.1) is 11.6 Å². The summed E-state index contributed by atoms with van der Waals surface area (Å²) in [5.74, 6) is 1.56. The van der Waals surface area contributed by atoms with Gasteiger partial charge in [0.1, 0.15) is 5.75 Å². The minimum Gasteiger partial charge on any atom is -0.493 e. The number of rotatable bonds is 1. The standard InChI is InChI=1S/C9H8ClIO/c10-5-7-4-8(11)3-6-1-2-12-9(6)7/h3-4H,1-2,5H2. The lowest BCUT2D eigenvalue weighted by atomic mass is 10.1. The summed E-state index contributed by atoms with van der Waals surface area (Å²) in [6.07, 6.45) is 1.02. The van der Waals surface area contributed by atoms with Crippen LogP contribution >= 0.6 is 34.2 Å². The molecule has 0 bridgehead atoms. The zero-order valence-corrected chi connectivity index (χ0v) is 9.35. The average molecular weight is 295 g/mol. The van der Waals surface area contributed by atoms with E-state index in [-0.39, 0.29) is 0 Å².